The van der Waals surface area contributed by atoms with Gasteiger partial charge in [0.15, 0.2) is 0 Å². The number of anilines is 1. The van der Waals surface area contributed by atoms with Crippen LogP contribution in [0.15, 0.2) is 54.7 Å². The molecule has 0 saturated carbocycles. The molecule has 3 aromatic rings. The largest absolute Gasteiger partial charge is 0.370 e. The molecule has 1 fully saturated rings. The highest BCUT2D eigenvalue weighted by molar-refractivity contribution is 5.82. The zero-order valence-corrected chi connectivity index (χ0v) is 16.4. The third-order valence-electron chi connectivity index (χ3n) is 5.70. The number of nitrogens with one attached hydrogen (secondary N) is 1. The van der Waals surface area contributed by atoms with E-state index in [9.17, 15) is 5.26 Å². The quantitative estimate of drug-likeness (QED) is 0.722. The van der Waals surface area contributed by atoms with Gasteiger partial charge < -0.3 is 10.2 Å². The average molecular weight is 371 g/mol. The van der Waals surface area contributed by atoms with Crippen LogP contribution in [-0.4, -0.2) is 24.6 Å². The Morgan fingerprint density at radius 2 is 1.96 bits per heavy atom. The molecule has 2 aromatic carbocycles. The van der Waals surface area contributed by atoms with E-state index in [-0.39, 0.29) is 0 Å². The van der Waals surface area contributed by atoms with Crippen LogP contribution in [0.4, 0.5) is 5.69 Å². The number of benzene rings is 2. The molecule has 28 heavy (non-hydrogen) atoms. The first-order valence-electron chi connectivity index (χ1n) is 10.0. The minimum atomic E-state index is 0.689. The molecule has 4 rings (SSSR count). The molecule has 0 unspecified atom stereocenters. The fourth-order valence-corrected chi connectivity index (χ4v) is 4.20. The highest BCUT2D eigenvalue weighted by atomic mass is 15.1. The van der Waals surface area contributed by atoms with Crippen molar-refractivity contribution in [2.45, 2.75) is 26.3 Å². The smallest absolute Gasteiger partial charge is 0.101 e. The summed E-state index contributed by atoms with van der Waals surface area (Å²) in [5, 5.41) is 14.2. The van der Waals surface area contributed by atoms with Crippen LogP contribution in [0.5, 0.6) is 0 Å². The highest BCUT2D eigenvalue weighted by Gasteiger charge is 2.20. The lowest BCUT2D eigenvalue weighted by atomic mass is 9.95. The average Bonchev–Trinajstić information content (AvgIpc) is 2.74. The van der Waals surface area contributed by atoms with E-state index in [2.05, 4.69) is 52.5 Å². The Morgan fingerprint density at radius 3 is 2.79 bits per heavy atom. The third-order valence-corrected chi connectivity index (χ3v) is 5.70. The standard InChI is InChI=1S/C24H26N4/c1-18-13-20(14-21-6-4-10-27-24(18)21)17-26-16-19-8-11-28(12-9-19)23-7-3-2-5-22(23)15-25/h2-7,10,13-14,19,26H,8-9,11-12,16-17H2,1H3. The number of aromatic nitrogens is 1. The van der Waals surface area contributed by atoms with Crippen LogP contribution < -0.4 is 10.2 Å². The molecule has 1 aromatic heterocycles. The number of aryl methyl sites for hydroxylation is 1. The minimum Gasteiger partial charge on any atom is -0.370 e. The predicted molar refractivity (Wildman–Crippen MR) is 114 cm³/mol. The monoisotopic (exact) mass is 370 g/mol. The number of nitriles is 1. The van der Waals surface area contributed by atoms with Gasteiger partial charge in [-0.05, 0) is 67.6 Å². The van der Waals surface area contributed by atoms with Crippen molar-refractivity contribution >= 4 is 16.6 Å². The summed E-state index contributed by atoms with van der Waals surface area (Å²) in [5.74, 6) is 0.689. The maximum absolute atomic E-state index is 9.32. The van der Waals surface area contributed by atoms with Crippen molar-refractivity contribution in [3.63, 3.8) is 0 Å². The SMILES string of the molecule is Cc1cc(CNCC2CCN(c3ccccc3C#N)CC2)cc2cccnc12. The van der Waals surface area contributed by atoms with E-state index in [0.717, 1.165) is 55.8 Å². The molecule has 4 heteroatoms. The van der Waals surface area contributed by atoms with E-state index >= 15 is 0 Å². The van der Waals surface area contributed by atoms with Crippen LogP contribution in [0.25, 0.3) is 10.9 Å². The van der Waals surface area contributed by atoms with E-state index < -0.39 is 0 Å². The van der Waals surface area contributed by atoms with Gasteiger partial charge in [0.2, 0.25) is 0 Å². The van der Waals surface area contributed by atoms with Gasteiger partial charge in [-0.3, -0.25) is 4.98 Å². The lowest BCUT2D eigenvalue weighted by Gasteiger charge is -2.34. The Hall–Kier alpha value is -2.90. The molecule has 1 aliphatic heterocycles. The zero-order valence-electron chi connectivity index (χ0n) is 16.4. The first-order valence-corrected chi connectivity index (χ1v) is 10.0. The molecule has 1 aliphatic rings. The summed E-state index contributed by atoms with van der Waals surface area (Å²) >= 11 is 0. The minimum absolute atomic E-state index is 0.689. The van der Waals surface area contributed by atoms with E-state index in [4.69, 9.17) is 0 Å². The topological polar surface area (TPSA) is 52.0 Å². The molecule has 0 amide bonds. The molecule has 0 spiro atoms. The van der Waals surface area contributed by atoms with Crippen molar-refractivity contribution < 1.29 is 0 Å². The summed E-state index contributed by atoms with van der Waals surface area (Å²) in [5.41, 5.74) is 5.51. The first kappa shape index (κ1) is 18.5. The Kier molecular flexibility index (Phi) is 5.55. The molecular weight excluding hydrogens is 344 g/mol. The van der Waals surface area contributed by atoms with Gasteiger partial charge in [-0.25, -0.2) is 0 Å². The van der Waals surface area contributed by atoms with Crippen molar-refractivity contribution in [3.8, 4) is 6.07 Å². The first-order chi connectivity index (χ1) is 13.7. The molecule has 0 radical (unpaired) electrons. The maximum atomic E-state index is 9.32. The Bertz CT molecular complexity index is 997. The number of hydrogen-bond donors (Lipinski definition) is 1. The second-order valence-corrected chi connectivity index (χ2v) is 7.68. The molecule has 1 saturated heterocycles. The summed E-state index contributed by atoms with van der Waals surface area (Å²) in [4.78, 5) is 6.83. The van der Waals surface area contributed by atoms with Gasteiger partial charge in [0.1, 0.15) is 6.07 Å². The van der Waals surface area contributed by atoms with Crippen LogP contribution in [0.2, 0.25) is 0 Å². The van der Waals surface area contributed by atoms with Gasteiger partial charge in [-0.2, -0.15) is 5.26 Å². The molecule has 1 N–H and O–H groups in total. The van der Waals surface area contributed by atoms with Gasteiger partial charge in [0.25, 0.3) is 0 Å². The lowest BCUT2D eigenvalue weighted by Crippen LogP contribution is -2.37. The highest BCUT2D eigenvalue weighted by Crippen LogP contribution is 2.26. The Morgan fingerprint density at radius 1 is 1.14 bits per heavy atom. The zero-order chi connectivity index (χ0) is 19.3. The number of pyridine rings is 1. The number of hydrogen-bond acceptors (Lipinski definition) is 4. The molecule has 2 heterocycles. The number of para-hydroxylation sites is 1. The van der Waals surface area contributed by atoms with Crippen LogP contribution in [0, 0.1) is 24.2 Å². The Labute approximate surface area is 166 Å². The van der Waals surface area contributed by atoms with Gasteiger partial charge in [0.05, 0.1) is 16.8 Å². The van der Waals surface area contributed by atoms with Crippen LogP contribution in [0.3, 0.4) is 0 Å². The van der Waals surface area contributed by atoms with Crippen molar-refractivity contribution in [2.24, 2.45) is 5.92 Å². The molecule has 0 atom stereocenters. The fourth-order valence-electron chi connectivity index (χ4n) is 4.20. The van der Waals surface area contributed by atoms with E-state index in [0.29, 0.717) is 5.92 Å². The van der Waals surface area contributed by atoms with Crippen molar-refractivity contribution in [3.05, 3.63) is 71.4 Å². The summed E-state index contributed by atoms with van der Waals surface area (Å²) in [6.45, 7) is 6.10. The van der Waals surface area contributed by atoms with Crippen molar-refractivity contribution in [2.75, 3.05) is 24.5 Å². The van der Waals surface area contributed by atoms with Crippen LogP contribution in [0.1, 0.15) is 29.5 Å². The summed E-state index contributed by atoms with van der Waals surface area (Å²) in [7, 11) is 0. The van der Waals surface area contributed by atoms with E-state index in [1.54, 1.807) is 0 Å². The van der Waals surface area contributed by atoms with Crippen molar-refractivity contribution in [1.82, 2.24) is 10.3 Å². The second kappa shape index (κ2) is 8.41. The van der Waals surface area contributed by atoms with Crippen LogP contribution in [-0.2, 0) is 6.54 Å². The van der Waals surface area contributed by atoms with Crippen molar-refractivity contribution in [1.29, 1.82) is 5.26 Å². The van der Waals surface area contributed by atoms with E-state index in [1.807, 2.05) is 30.5 Å². The summed E-state index contributed by atoms with van der Waals surface area (Å²) in [6.07, 6.45) is 4.18. The summed E-state index contributed by atoms with van der Waals surface area (Å²) in [6, 6.07) is 18.8. The van der Waals surface area contributed by atoms with Gasteiger partial charge >= 0.3 is 0 Å². The number of rotatable bonds is 5. The summed E-state index contributed by atoms with van der Waals surface area (Å²) < 4.78 is 0. The van der Waals surface area contributed by atoms with Gasteiger partial charge in [-0.15, -0.1) is 0 Å². The van der Waals surface area contributed by atoms with Gasteiger partial charge in [-0.1, -0.05) is 24.3 Å². The molecule has 142 valence electrons. The predicted octanol–water partition coefficient (Wildman–Crippen LogP) is 4.42. The Balaban J connectivity index is 1.30. The lowest BCUT2D eigenvalue weighted by molar-refractivity contribution is 0.382. The number of nitrogens with zero attached hydrogens (tertiary/aromatic N) is 3. The molecular formula is C24H26N4. The number of piperidine rings is 1. The van der Waals surface area contributed by atoms with E-state index in [1.165, 1.54) is 16.5 Å². The molecule has 4 nitrogen and oxygen atoms in total. The normalized spacial score (nSPS) is 14.9. The third kappa shape index (κ3) is 4.00. The second-order valence-electron chi connectivity index (χ2n) is 7.68. The number of fused-ring (bicyclic) bond motifs is 1. The van der Waals surface area contributed by atoms with Gasteiger partial charge in [0, 0.05) is 31.2 Å². The molecule has 0 bridgehead atoms. The van der Waals surface area contributed by atoms with Crippen LogP contribution >= 0.6 is 0 Å². The maximum Gasteiger partial charge on any atom is 0.101 e. The fraction of sp³-hybridized carbons (Fsp3) is 0.333. The molecule has 0 aliphatic carbocycles.